The van der Waals surface area contributed by atoms with Gasteiger partial charge in [0.15, 0.2) is 0 Å². The van der Waals surface area contributed by atoms with Gasteiger partial charge in [-0.2, -0.15) is 0 Å². The lowest BCUT2D eigenvalue weighted by Crippen LogP contribution is -2.00. The summed E-state index contributed by atoms with van der Waals surface area (Å²) >= 11 is 0. The molecule has 0 aliphatic carbocycles. The number of Topliss-reactive ketones (excluding diaryl/α,β-unsaturated/α-hetero) is 1. The fourth-order valence-corrected chi connectivity index (χ4v) is 3.51. The first kappa shape index (κ1) is 26.1. The van der Waals surface area contributed by atoms with Crippen LogP contribution in [0.2, 0.25) is 0 Å². The molecule has 0 radical (unpaired) electrons. The van der Waals surface area contributed by atoms with E-state index in [9.17, 15) is 9.59 Å². The lowest BCUT2D eigenvalue weighted by Gasteiger charge is -2.04. The highest BCUT2D eigenvalue weighted by molar-refractivity contribution is 5.78. The molecule has 0 amide bonds. The van der Waals surface area contributed by atoms with Crippen molar-refractivity contribution in [2.24, 2.45) is 0 Å². The molecule has 0 spiro atoms. The van der Waals surface area contributed by atoms with Gasteiger partial charge >= 0.3 is 5.97 Å². The highest BCUT2D eigenvalue weighted by Crippen LogP contribution is 2.14. The molecule has 0 rings (SSSR count). The predicted octanol–water partition coefficient (Wildman–Crippen LogP) is 7.55. The van der Waals surface area contributed by atoms with Gasteiger partial charge in [-0.1, -0.05) is 96.8 Å². The van der Waals surface area contributed by atoms with E-state index >= 15 is 0 Å². The summed E-state index contributed by atoms with van der Waals surface area (Å²) in [5, 5.41) is 0. The van der Waals surface area contributed by atoms with Gasteiger partial charge in [0.05, 0.1) is 7.11 Å². The molecule has 0 bridgehead atoms. The molecule has 0 unspecified atom stereocenters. The topological polar surface area (TPSA) is 43.4 Å². The van der Waals surface area contributed by atoms with Crippen LogP contribution in [0.3, 0.4) is 0 Å². The second-order valence-corrected chi connectivity index (χ2v) is 8.02. The molecule has 0 aromatic carbocycles. The van der Waals surface area contributed by atoms with Crippen LogP contribution >= 0.6 is 0 Å². The van der Waals surface area contributed by atoms with Crippen molar-refractivity contribution in [2.75, 3.05) is 7.11 Å². The Morgan fingerprint density at radius 1 is 0.519 bits per heavy atom. The zero-order valence-electron chi connectivity index (χ0n) is 18.4. The fraction of sp³-hybridized carbons (Fsp3) is 0.917. The number of methoxy groups -OCH3 is 1. The Labute approximate surface area is 169 Å². The van der Waals surface area contributed by atoms with E-state index in [1.807, 2.05) is 0 Å². The minimum absolute atomic E-state index is 0.149. The van der Waals surface area contributed by atoms with Gasteiger partial charge < -0.3 is 4.74 Å². The quantitative estimate of drug-likeness (QED) is 0.152. The van der Waals surface area contributed by atoms with Crippen molar-refractivity contribution in [2.45, 2.75) is 135 Å². The maximum absolute atomic E-state index is 11.8. The number of unbranched alkanes of at least 4 members (excludes halogenated alkanes) is 15. The van der Waals surface area contributed by atoms with Crippen molar-refractivity contribution < 1.29 is 14.3 Å². The first-order valence-corrected chi connectivity index (χ1v) is 11.8. The highest BCUT2D eigenvalue weighted by atomic mass is 16.5. The summed E-state index contributed by atoms with van der Waals surface area (Å²) in [5.41, 5.74) is 0. The van der Waals surface area contributed by atoms with Crippen LogP contribution < -0.4 is 0 Å². The minimum atomic E-state index is -0.149. The zero-order valence-corrected chi connectivity index (χ0v) is 18.4. The number of rotatable bonds is 21. The Hall–Kier alpha value is -0.860. The Morgan fingerprint density at radius 3 is 1.26 bits per heavy atom. The van der Waals surface area contributed by atoms with Crippen molar-refractivity contribution in [3.63, 3.8) is 0 Å². The summed E-state index contributed by atoms with van der Waals surface area (Å²) in [5.74, 6) is 0.246. The van der Waals surface area contributed by atoms with E-state index in [1.165, 1.54) is 90.6 Å². The third kappa shape index (κ3) is 21.3. The molecule has 0 aliphatic rings. The van der Waals surface area contributed by atoms with E-state index in [2.05, 4.69) is 11.7 Å². The smallest absolute Gasteiger partial charge is 0.305 e. The molecule has 27 heavy (non-hydrogen) atoms. The maximum Gasteiger partial charge on any atom is 0.305 e. The summed E-state index contributed by atoms with van der Waals surface area (Å²) in [6, 6.07) is 0. The zero-order chi connectivity index (χ0) is 20.0. The van der Waals surface area contributed by atoms with Gasteiger partial charge in [0.25, 0.3) is 0 Å². The first-order chi connectivity index (χ1) is 13.2. The van der Waals surface area contributed by atoms with Crippen LogP contribution in [-0.4, -0.2) is 18.9 Å². The lowest BCUT2D eigenvalue weighted by atomic mass is 10.0. The molecule has 0 atom stereocenters. The Balaban J connectivity index is 3.17. The monoisotopic (exact) mass is 382 g/mol. The third-order valence-electron chi connectivity index (χ3n) is 5.37. The molecule has 0 aromatic rings. The summed E-state index contributed by atoms with van der Waals surface area (Å²) in [6.07, 6.45) is 23.5. The molecular weight excluding hydrogens is 336 g/mol. The number of ketones is 1. The van der Waals surface area contributed by atoms with E-state index < -0.39 is 0 Å². The van der Waals surface area contributed by atoms with Crippen LogP contribution in [-0.2, 0) is 14.3 Å². The summed E-state index contributed by atoms with van der Waals surface area (Å²) in [7, 11) is 1.42. The minimum Gasteiger partial charge on any atom is -0.469 e. The number of hydrogen-bond donors (Lipinski definition) is 0. The Kier molecular flexibility index (Phi) is 20.8. The molecule has 0 fully saturated rings. The SMILES string of the molecule is CCCCCCCCCCCCCCCCC(=O)CCCCCC(=O)OC. The number of ether oxygens (including phenoxy) is 1. The average Bonchev–Trinajstić information content (AvgIpc) is 2.67. The van der Waals surface area contributed by atoms with Crippen LogP contribution in [0, 0.1) is 0 Å². The van der Waals surface area contributed by atoms with E-state index in [0.717, 1.165) is 32.1 Å². The molecule has 0 aromatic heterocycles. The van der Waals surface area contributed by atoms with Gasteiger partial charge in [0.1, 0.15) is 5.78 Å². The standard InChI is InChI=1S/C24H46O3/c1-3-4-5-6-7-8-9-10-11-12-13-14-15-17-20-23(25)21-18-16-19-22-24(26)27-2/h3-22H2,1-2H3. The van der Waals surface area contributed by atoms with Crippen molar-refractivity contribution in [1.82, 2.24) is 0 Å². The van der Waals surface area contributed by atoms with Crippen LogP contribution in [0.5, 0.6) is 0 Å². The van der Waals surface area contributed by atoms with E-state index in [4.69, 9.17) is 0 Å². The summed E-state index contributed by atoms with van der Waals surface area (Å²) < 4.78 is 4.61. The van der Waals surface area contributed by atoms with E-state index in [1.54, 1.807) is 0 Å². The first-order valence-electron chi connectivity index (χ1n) is 11.8. The maximum atomic E-state index is 11.8. The predicted molar refractivity (Wildman–Crippen MR) is 115 cm³/mol. The van der Waals surface area contributed by atoms with E-state index in [0.29, 0.717) is 18.6 Å². The second-order valence-electron chi connectivity index (χ2n) is 8.02. The molecule has 0 aliphatic heterocycles. The van der Waals surface area contributed by atoms with Crippen LogP contribution in [0.25, 0.3) is 0 Å². The molecule has 3 heteroatoms. The largest absolute Gasteiger partial charge is 0.469 e. The number of carbonyl (C=O) groups excluding carboxylic acids is 2. The Morgan fingerprint density at radius 2 is 0.852 bits per heavy atom. The number of carbonyl (C=O) groups is 2. The van der Waals surface area contributed by atoms with Crippen molar-refractivity contribution in [3.8, 4) is 0 Å². The van der Waals surface area contributed by atoms with Crippen molar-refractivity contribution in [1.29, 1.82) is 0 Å². The molecule has 3 nitrogen and oxygen atoms in total. The number of esters is 1. The average molecular weight is 383 g/mol. The molecular formula is C24H46O3. The highest BCUT2D eigenvalue weighted by Gasteiger charge is 2.03. The Bertz CT molecular complexity index is 339. The van der Waals surface area contributed by atoms with Crippen LogP contribution in [0.15, 0.2) is 0 Å². The molecule has 0 saturated carbocycles. The van der Waals surface area contributed by atoms with Crippen LogP contribution in [0.4, 0.5) is 0 Å². The van der Waals surface area contributed by atoms with Crippen LogP contribution in [0.1, 0.15) is 135 Å². The van der Waals surface area contributed by atoms with Crippen molar-refractivity contribution >= 4 is 11.8 Å². The fourth-order valence-electron chi connectivity index (χ4n) is 3.51. The summed E-state index contributed by atoms with van der Waals surface area (Å²) in [4.78, 5) is 22.8. The summed E-state index contributed by atoms with van der Waals surface area (Å²) in [6.45, 7) is 2.27. The second kappa shape index (κ2) is 21.4. The van der Waals surface area contributed by atoms with Gasteiger partial charge in [-0.25, -0.2) is 0 Å². The van der Waals surface area contributed by atoms with Gasteiger partial charge in [0.2, 0.25) is 0 Å². The van der Waals surface area contributed by atoms with Gasteiger partial charge in [0, 0.05) is 19.3 Å². The normalized spacial score (nSPS) is 10.9. The number of hydrogen-bond acceptors (Lipinski definition) is 3. The van der Waals surface area contributed by atoms with Crippen molar-refractivity contribution in [3.05, 3.63) is 0 Å². The molecule has 0 N–H and O–H groups in total. The molecule has 0 saturated heterocycles. The van der Waals surface area contributed by atoms with Gasteiger partial charge in [-0.15, -0.1) is 0 Å². The van der Waals surface area contributed by atoms with E-state index in [-0.39, 0.29) is 5.97 Å². The molecule has 160 valence electrons. The lowest BCUT2D eigenvalue weighted by molar-refractivity contribution is -0.140. The van der Waals surface area contributed by atoms with Gasteiger partial charge in [-0.3, -0.25) is 9.59 Å². The molecule has 0 heterocycles. The van der Waals surface area contributed by atoms with Gasteiger partial charge in [-0.05, 0) is 19.3 Å². The third-order valence-corrected chi connectivity index (χ3v) is 5.37.